The number of piperazine rings is 1. The monoisotopic (exact) mass is 332 g/mol. The van der Waals surface area contributed by atoms with Crippen molar-refractivity contribution in [3.8, 4) is 0 Å². The molecular formula is C18H28N4O2. The fourth-order valence-corrected chi connectivity index (χ4v) is 2.92. The van der Waals surface area contributed by atoms with E-state index in [1.807, 2.05) is 44.2 Å². The molecule has 1 atom stereocenters. The van der Waals surface area contributed by atoms with E-state index >= 15 is 0 Å². The van der Waals surface area contributed by atoms with Crippen molar-refractivity contribution in [1.82, 2.24) is 15.1 Å². The van der Waals surface area contributed by atoms with Gasteiger partial charge < -0.3 is 16.0 Å². The van der Waals surface area contributed by atoms with E-state index in [9.17, 15) is 9.59 Å². The molecule has 1 saturated heterocycles. The van der Waals surface area contributed by atoms with Gasteiger partial charge in [-0.15, -0.1) is 0 Å². The van der Waals surface area contributed by atoms with Crippen LogP contribution in [-0.2, 0) is 15.1 Å². The molecule has 0 radical (unpaired) electrons. The maximum Gasteiger partial charge on any atom is 0.247 e. The zero-order chi connectivity index (χ0) is 17.7. The molecule has 1 aliphatic rings. The van der Waals surface area contributed by atoms with Gasteiger partial charge in [0.15, 0.2) is 0 Å². The van der Waals surface area contributed by atoms with Crippen molar-refractivity contribution in [1.29, 1.82) is 0 Å². The van der Waals surface area contributed by atoms with E-state index in [2.05, 4.69) is 10.2 Å². The molecule has 1 unspecified atom stereocenters. The first-order valence-corrected chi connectivity index (χ1v) is 8.46. The molecule has 0 spiro atoms. The third-order valence-electron chi connectivity index (χ3n) is 4.29. The Balaban J connectivity index is 1.90. The summed E-state index contributed by atoms with van der Waals surface area (Å²) in [6.07, 6.45) is 0. The van der Waals surface area contributed by atoms with Crippen molar-refractivity contribution in [3.05, 3.63) is 35.9 Å². The molecule has 1 heterocycles. The molecule has 3 N–H and O–H groups in total. The van der Waals surface area contributed by atoms with Crippen LogP contribution in [0.15, 0.2) is 30.3 Å². The lowest BCUT2D eigenvalue weighted by Gasteiger charge is -2.38. The van der Waals surface area contributed by atoms with Crippen LogP contribution in [0.2, 0.25) is 0 Å². The summed E-state index contributed by atoms with van der Waals surface area (Å²) in [5, 5.41) is 2.89. The minimum atomic E-state index is -1.03. The average Bonchev–Trinajstić information content (AvgIpc) is 2.55. The molecule has 6 nitrogen and oxygen atoms in total. The second-order valence-electron chi connectivity index (χ2n) is 6.86. The van der Waals surface area contributed by atoms with Gasteiger partial charge in [-0.2, -0.15) is 0 Å². The first-order chi connectivity index (χ1) is 11.3. The number of nitrogens with two attached hydrogens (primary N) is 1. The lowest BCUT2D eigenvalue weighted by Crippen LogP contribution is -2.57. The van der Waals surface area contributed by atoms with Crippen LogP contribution in [0.3, 0.4) is 0 Å². The third-order valence-corrected chi connectivity index (χ3v) is 4.29. The van der Waals surface area contributed by atoms with Crippen molar-refractivity contribution < 1.29 is 9.59 Å². The van der Waals surface area contributed by atoms with Gasteiger partial charge in [0, 0.05) is 32.2 Å². The van der Waals surface area contributed by atoms with Gasteiger partial charge in [0.25, 0.3) is 0 Å². The molecule has 2 amide bonds. The summed E-state index contributed by atoms with van der Waals surface area (Å²) >= 11 is 0. The number of benzene rings is 1. The molecule has 0 bridgehead atoms. The Morgan fingerprint density at radius 2 is 1.75 bits per heavy atom. The number of hydrogen-bond acceptors (Lipinski definition) is 4. The number of carbonyl (C=O) groups is 2. The minimum absolute atomic E-state index is 0.0257. The summed E-state index contributed by atoms with van der Waals surface area (Å²) in [7, 11) is 0. The SMILES string of the molecule is CC(C)NC(=O)CN1CCN(C(=O)C(C)(N)c2ccccc2)CC1. The van der Waals surface area contributed by atoms with Crippen molar-refractivity contribution >= 4 is 11.8 Å². The zero-order valence-electron chi connectivity index (χ0n) is 14.8. The minimum Gasteiger partial charge on any atom is -0.353 e. The normalized spacial score (nSPS) is 18.3. The molecule has 24 heavy (non-hydrogen) atoms. The predicted molar refractivity (Wildman–Crippen MR) is 94.3 cm³/mol. The van der Waals surface area contributed by atoms with Crippen LogP contribution in [-0.4, -0.2) is 60.4 Å². The Hall–Kier alpha value is -1.92. The molecule has 0 aromatic heterocycles. The van der Waals surface area contributed by atoms with Crippen LogP contribution >= 0.6 is 0 Å². The lowest BCUT2D eigenvalue weighted by molar-refractivity contribution is -0.138. The highest BCUT2D eigenvalue weighted by Gasteiger charge is 2.35. The molecule has 1 aromatic carbocycles. The van der Waals surface area contributed by atoms with Crippen LogP contribution in [0.5, 0.6) is 0 Å². The van der Waals surface area contributed by atoms with Crippen molar-refractivity contribution in [2.24, 2.45) is 5.73 Å². The van der Waals surface area contributed by atoms with Gasteiger partial charge >= 0.3 is 0 Å². The van der Waals surface area contributed by atoms with E-state index in [1.54, 1.807) is 11.8 Å². The van der Waals surface area contributed by atoms with E-state index in [1.165, 1.54) is 0 Å². The van der Waals surface area contributed by atoms with Gasteiger partial charge in [0.05, 0.1) is 6.54 Å². The number of carbonyl (C=O) groups excluding carboxylic acids is 2. The number of hydrogen-bond donors (Lipinski definition) is 2. The van der Waals surface area contributed by atoms with E-state index < -0.39 is 5.54 Å². The fourth-order valence-electron chi connectivity index (χ4n) is 2.92. The molecule has 0 saturated carbocycles. The van der Waals surface area contributed by atoms with Gasteiger partial charge in [0.1, 0.15) is 5.54 Å². The highest BCUT2D eigenvalue weighted by atomic mass is 16.2. The molecule has 1 fully saturated rings. The molecule has 132 valence electrons. The number of amides is 2. The quantitative estimate of drug-likeness (QED) is 0.824. The number of nitrogens with zero attached hydrogens (tertiary/aromatic N) is 2. The van der Waals surface area contributed by atoms with Gasteiger partial charge in [-0.25, -0.2) is 0 Å². The summed E-state index contributed by atoms with van der Waals surface area (Å²) in [6, 6.07) is 9.59. The standard InChI is InChI=1S/C18H28N4O2/c1-14(2)20-16(23)13-21-9-11-22(12-10-21)17(24)18(3,19)15-7-5-4-6-8-15/h4-8,14H,9-13,19H2,1-3H3,(H,20,23). The van der Waals surface area contributed by atoms with E-state index in [4.69, 9.17) is 5.73 Å². The topological polar surface area (TPSA) is 78.7 Å². The second kappa shape index (κ2) is 7.77. The summed E-state index contributed by atoms with van der Waals surface area (Å²) in [5.41, 5.74) is 6.10. The summed E-state index contributed by atoms with van der Waals surface area (Å²) in [6.45, 7) is 8.57. The fraction of sp³-hybridized carbons (Fsp3) is 0.556. The smallest absolute Gasteiger partial charge is 0.247 e. The molecule has 0 aliphatic carbocycles. The van der Waals surface area contributed by atoms with E-state index in [0.717, 1.165) is 5.56 Å². The first-order valence-electron chi connectivity index (χ1n) is 8.46. The van der Waals surface area contributed by atoms with Crippen LogP contribution in [0.4, 0.5) is 0 Å². The largest absolute Gasteiger partial charge is 0.353 e. The zero-order valence-corrected chi connectivity index (χ0v) is 14.8. The van der Waals surface area contributed by atoms with Crippen LogP contribution < -0.4 is 11.1 Å². The highest BCUT2D eigenvalue weighted by molar-refractivity contribution is 5.87. The van der Waals surface area contributed by atoms with Crippen molar-refractivity contribution in [2.75, 3.05) is 32.7 Å². The van der Waals surface area contributed by atoms with E-state index in [0.29, 0.717) is 32.7 Å². The molecule has 1 aromatic rings. The molecular weight excluding hydrogens is 304 g/mol. The summed E-state index contributed by atoms with van der Waals surface area (Å²) in [4.78, 5) is 28.5. The lowest BCUT2D eigenvalue weighted by atomic mass is 9.91. The Labute approximate surface area is 144 Å². The van der Waals surface area contributed by atoms with Gasteiger partial charge in [-0.05, 0) is 26.3 Å². The van der Waals surface area contributed by atoms with Crippen molar-refractivity contribution in [3.63, 3.8) is 0 Å². The maximum absolute atomic E-state index is 12.8. The van der Waals surface area contributed by atoms with Crippen LogP contribution in [0, 0.1) is 0 Å². The maximum atomic E-state index is 12.8. The van der Waals surface area contributed by atoms with Gasteiger partial charge in [-0.3, -0.25) is 14.5 Å². The molecule has 2 rings (SSSR count). The number of nitrogens with one attached hydrogen (secondary N) is 1. The molecule has 1 aliphatic heterocycles. The Kier molecular flexibility index (Phi) is 5.96. The summed E-state index contributed by atoms with van der Waals surface area (Å²) in [5.74, 6) is -0.0438. The molecule has 6 heteroatoms. The Morgan fingerprint density at radius 3 is 2.29 bits per heavy atom. The van der Waals surface area contributed by atoms with E-state index in [-0.39, 0.29) is 17.9 Å². The highest BCUT2D eigenvalue weighted by Crippen LogP contribution is 2.21. The second-order valence-corrected chi connectivity index (χ2v) is 6.86. The van der Waals surface area contributed by atoms with Crippen molar-refractivity contribution in [2.45, 2.75) is 32.4 Å². The summed E-state index contributed by atoms with van der Waals surface area (Å²) < 4.78 is 0. The average molecular weight is 332 g/mol. The predicted octanol–water partition coefficient (Wildman–Crippen LogP) is 0.529. The van der Waals surface area contributed by atoms with Gasteiger partial charge in [-0.1, -0.05) is 30.3 Å². The first kappa shape index (κ1) is 18.4. The van der Waals surface area contributed by atoms with Gasteiger partial charge in [0.2, 0.25) is 11.8 Å². The Bertz CT molecular complexity index is 564. The number of rotatable bonds is 5. The Morgan fingerprint density at radius 1 is 1.17 bits per heavy atom. The van der Waals surface area contributed by atoms with Crippen LogP contribution in [0.1, 0.15) is 26.3 Å². The third kappa shape index (κ3) is 4.55. The van der Waals surface area contributed by atoms with Crippen LogP contribution in [0.25, 0.3) is 0 Å².